The van der Waals surface area contributed by atoms with Gasteiger partial charge in [-0.3, -0.25) is 0 Å². The van der Waals surface area contributed by atoms with Crippen molar-refractivity contribution < 1.29 is 5.11 Å². The van der Waals surface area contributed by atoms with Crippen LogP contribution in [-0.2, 0) is 0 Å². The predicted octanol–water partition coefficient (Wildman–Crippen LogP) is 3.03. The molecule has 0 aromatic heterocycles. The zero-order chi connectivity index (χ0) is 14.8. The Morgan fingerprint density at radius 1 is 1.25 bits per heavy atom. The van der Waals surface area contributed by atoms with E-state index < -0.39 is 0 Å². The number of aliphatic hydroxyl groups excluding tert-OH is 1. The first-order valence-corrected chi connectivity index (χ1v) is 8.78. The first-order chi connectivity index (χ1) is 9.69. The van der Waals surface area contributed by atoms with Crippen molar-refractivity contribution in [3.8, 4) is 0 Å². The number of nitrogens with zero attached hydrogens (tertiary/aromatic N) is 1. The van der Waals surface area contributed by atoms with E-state index in [0.29, 0.717) is 0 Å². The lowest BCUT2D eigenvalue weighted by Gasteiger charge is -2.33. The van der Waals surface area contributed by atoms with Gasteiger partial charge in [-0.05, 0) is 64.1 Å². The number of aliphatic hydroxyl groups is 1. The van der Waals surface area contributed by atoms with Crippen molar-refractivity contribution in [1.82, 2.24) is 10.2 Å². The van der Waals surface area contributed by atoms with E-state index in [1.54, 1.807) is 0 Å². The summed E-state index contributed by atoms with van der Waals surface area (Å²) in [7, 11) is 0. The van der Waals surface area contributed by atoms with Gasteiger partial charge in [0.05, 0.1) is 6.61 Å². The largest absolute Gasteiger partial charge is 0.394 e. The first kappa shape index (κ1) is 17.9. The van der Waals surface area contributed by atoms with Crippen LogP contribution in [0.25, 0.3) is 0 Å². The van der Waals surface area contributed by atoms with Crippen molar-refractivity contribution in [2.24, 2.45) is 5.92 Å². The highest BCUT2D eigenvalue weighted by Gasteiger charge is 2.27. The van der Waals surface area contributed by atoms with Crippen LogP contribution in [0.3, 0.4) is 0 Å². The zero-order valence-electron chi connectivity index (χ0n) is 14.0. The molecule has 1 heterocycles. The van der Waals surface area contributed by atoms with Gasteiger partial charge < -0.3 is 15.3 Å². The molecule has 0 radical (unpaired) electrons. The number of likely N-dealkylation sites (tertiary alicyclic amines) is 1. The first-order valence-electron chi connectivity index (χ1n) is 8.78. The van der Waals surface area contributed by atoms with Crippen LogP contribution in [0, 0.1) is 5.92 Å². The Balaban J connectivity index is 2.27. The Labute approximate surface area is 126 Å². The van der Waals surface area contributed by atoms with Crippen LogP contribution in [0.4, 0.5) is 0 Å². The van der Waals surface area contributed by atoms with E-state index in [4.69, 9.17) is 0 Å². The lowest BCUT2D eigenvalue weighted by Crippen LogP contribution is -2.48. The summed E-state index contributed by atoms with van der Waals surface area (Å²) in [5, 5.41) is 13.3. The topological polar surface area (TPSA) is 35.5 Å². The quantitative estimate of drug-likeness (QED) is 0.612. The van der Waals surface area contributed by atoms with Crippen LogP contribution in [-0.4, -0.2) is 48.3 Å². The van der Waals surface area contributed by atoms with E-state index in [0.717, 1.165) is 31.7 Å². The fraction of sp³-hybridized carbons (Fsp3) is 1.00. The van der Waals surface area contributed by atoms with E-state index >= 15 is 0 Å². The Morgan fingerprint density at radius 2 is 2.05 bits per heavy atom. The van der Waals surface area contributed by atoms with Crippen LogP contribution < -0.4 is 5.32 Å². The highest BCUT2D eigenvalue weighted by Crippen LogP contribution is 2.22. The molecule has 120 valence electrons. The summed E-state index contributed by atoms with van der Waals surface area (Å²) in [6, 6.07) is 0. The zero-order valence-corrected chi connectivity index (χ0v) is 14.0. The Morgan fingerprint density at radius 3 is 2.65 bits per heavy atom. The summed E-state index contributed by atoms with van der Waals surface area (Å²) in [6.07, 6.45) is 8.54. The van der Waals surface area contributed by atoms with Gasteiger partial charge in [0.1, 0.15) is 0 Å². The third-order valence-corrected chi connectivity index (χ3v) is 4.93. The number of nitrogens with one attached hydrogen (secondary N) is 1. The fourth-order valence-electron chi connectivity index (χ4n) is 3.43. The maximum Gasteiger partial charge on any atom is 0.0613 e. The Hall–Kier alpha value is -0.120. The third kappa shape index (κ3) is 5.71. The summed E-state index contributed by atoms with van der Waals surface area (Å²) in [4.78, 5) is 2.62. The molecule has 1 aliphatic rings. The predicted molar refractivity (Wildman–Crippen MR) is 87.1 cm³/mol. The van der Waals surface area contributed by atoms with Crippen LogP contribution in [0.15, 0.2) is 0 Å². The summed E-state index contributed by atoms with van der Waals surface area (Å²) in [5.41, 5.74) is -0.0431. The molecule has 1 fully saturated rings. The van der Waals surface area contributed by atoms with E-state index in [-0.39, 0.29) is 12.1 Å². The lowest BCUT2D eigenvalue weighted by molar-refractivity contribution is 0.140. The van der Waals surface area contributed by atoms with Gasteiger partial charge in [-0.15, -0.1) is 0 Å². The Kier molecular flexibility index (Phi) is 8.74. The molecule has 0 bridgehead atoms. The average Bonchev–Trinajstić information content (AvgIpc) is 2.91. The van der Waals surface area contributed by atoms with Crippen LogP contribution in [0.2, 0.25) is 0 Å². The van der Waals surface area contributed by atoms with Crippen molar-refractivity contribution in [3.05, 3.63) is 0 Å². The normalized spacial score (nSPS) is 23.1. The molecule has 1 rings (SSSR count). The molecule has 3 nitrogen and oxygen atoms in total. The standard InChI is InChI=1S/C17H36N2O/c1-4-8-16-9-13-19(14-16)12-7-10-17(6-3,15-20)18-11-5-2/h16,18,20H,4-15H2,1-3H3. The molecule has 0 aromatic carbocycles. The molecule has 20 heavy (non-hydrogen) atoms. The minimum atomic E-state index is -0.0431. The summed E-state index contributed by atoms with van der Waals surface area (Å²) >= 11 is 0. The van der Waals surface area contributed by atoms with Gasteiger partial charge in [0.15, 0.2) is 0 Å². The number of hydrogen-bond donors (Lipinski definition) is 2. The highest BCUT2D eigenvalue weighted by atomic mass is 16.3. The van der Waals surface area contributed by atoms with E-state index in [1.165, 1.54) is 45.3 Å². The second-order valence-corrected chi connectivity index (χ2v) is 6.57. The van der Waals surface area contributed by atoms with Crippen molar-refractivity contribution in [2.45, 2.75) is 71.3 Å². The SMILES string of the molecule is CCCNC(CC)(CO)CCCN1CCC(CCC)C1. The van der Waals surface area contributed by atoms with Crippen LogP contribution in [0.5, 0.6) is 0 Å². The fourth-order valence-corrected chi connectivity index (χ4v) is 3.43. The number of rotatable bonds is 11. The van der Waals surface area contributed by atoms with Crippen molar-refractivity contribution >= 4 is 0 Å². The van der Waals surface area contributed by atoms with Gasteiger partial charge in [0.2, 0.25) is 0 Å². The Bertz CT molecular complexity index is 241. The van der Waals surface area contributed by atoms with E-state index in [1.807, 2.05) is 0 Å². The molecule has 1 saturated heterocycles. The molecule has 0 aromatic rings. The summed E-state index contributed by atoms with van der Waals surface area (Å²) in [6.45, 7) is 11.7. The van der Waals surface area contributed by atoms with Crippen LogP contribution >= 0.6 is 0 Å². The third-order valence-electron chi connectivity index (χ3n) is 4.93. The van der Waals surface area contributed by atoms with Gasteiger partial charge >= 0.3 is 0 Å². The highest BCUT2D eigenvalue weighted by molar-refractivity contribution is 4.86. The van der Waals surface area contributed by atoms with Gasteiger partial charge in [0, 0.05) is 12.1 Å². The molecule has 2 unspecified atom stereocenters. The van der Waals surface area contributed by atoms with Gasteiger partial charge in [-0.1, -0.05) is 27.2 Å². The molecule has 0 amide bonds. The molecular weight excluding hydrogens is 248 g/mol. The smallest absolute Gasteiger partial charge is 0.0613 e. The molecule has 0 saturated carbocycles. The maximum atomic E-state index is 9.73. The van der Waals surface area contributed by atoms with Crippen molar-refractivity contribution in [1.29, 1.82) is 0 Å². The maximum absolute atomic E-state index is 9.73. The second-order valence-electron chi connectivity index (χ2n) is 6.57. The molecule has 2 N–H and O–H groups in total. The number of hydrogen-bond acceptors (Lipinski definition) is 3. The van der Waals surface area contributed by atoms with Gasteiger partial charge in [-0.2, -0.15) is 0 Å². The minimum Gasteiger partial charge on any atom is -0.394 e. The van der Waals surface area contributed by atoms with Gasteiger partial charge in [0.25, 0.3) is 0 Å². The van der Waals surface area contributed by atoms with Gasteiger partial charge in [-0.25, -0.2) is 0 Å². The average molecular weight is 284 g/mol. The minimum absolute atomic E-state index is 0.0431. The van der Waals surface area contributed by atoms with Crippen LogP contribution in [0.1, 0.15) is 65.7 Å². The molecule has 2 atom stereocenters. The summed E-state index contributed by atoms with van der Waals surface area (Å²) in [5.74, 6) is 0.937. The van der Waals surface area contributed by atoms with Crippen molar-refractivity contribution in [3.63, 3.8) is 0 Å². The second kappa shape index (κ2) is 9.75. The van der Waals surface area contributed by atoms with Crippen molar-refractivity contribution in [2.75, 3.05) is 32.8 Å². The molecule has 1 aliphatic heterocycles. The molecule has 0 spiro atoms. The summed E-state index contributed by atoms with van der Waals surface area (Å²) < 4.78 is 0. The molecule has 3 heteroatoms. The lowest BCUT2D eigenvalue weighted by atomic mass is 9.91. The van der Waals surface area contributed by atoms with E-state index in [9.17, 15) is 5.11 Å². The van der Waals surface area contributed by atoms with E-state index in [2.05, 4.69) is 31.0 Å². The molecule has 0 aliphatic carbocycles. The monoisotopic (exact) mass is 284 g/mol. The molecular formula is C17H36N2O.